The predicted molar refractivity (Wildman–Crippen MR) is 92.9 cm³/mol. The van der Waals surface area contributed by atoms with E-state index in [1.165, 1.54) is 12.8 Å². The molecule has 0 aromatic carbocycles. The van der Waals surface area contributed by atoms with Gasteiger partial charge >= 0.3 is 0 Å². The van der Waals surface area contributed by atoms with Gasteiger partial charge in [0.15, 0.2) is 5.96 Å². The van der Waals surface area contributed by atoms with Crippen LogP contribution in [-0.2, 0) is 0 Å². The molecule has 0 bridgehead atoms. The van der Waals surface area contributed by atoms with Gasteiger partial charge in [0.25, 0.3) is 0 Å². The molecule has 3 heterocycles. The summed E-state index contributed by atoms with van der Waals surface area (Å²) in [6, 6.07) is 1.86. The van der Waals surface area contributed by atoms with Gasteiger partial charge in [0, 0.05) is 71.8 Å². The molecule has 0 spiro atoms. The molecule has 0 unspecified atom stereocenters. The van der Waals surface area contributed by atoms with Crippen LogP contribution in [0.1, 0.15) is 12.8 Å². The Hall–Kier alpha value is -1.89. The molecule has 0 saturated carbocycles. The Morgan fingerprint density at radius 1 is 1.09 bits per heavy atom. The summed E-state index contributed by atoms with van der Waals surface area (Å²) in [5.41, 5.74) is 0. The topological polar surface area (TPSA) is 59.9 Å². The van der Waals surface area contributed by atoms with E-state index >= 15 is 0 Å². The first-order valence-electron chi connectivity index (χ1n) is 8.57. The van der Waals surface area contributed by atoms with Crippen molar-refractivity contribution >= 4 is 11.9 Å². The summed E-state index contributed by atoms with van der Waals surface area (Å²) in [5.74, 6) is 1.90. The second-order valence-corrected chi connectivity index (χ2v) is 6.05. The van der Waals surface area contributed by atoms with Gasteiger partial charge in [0.2, 0.25) is 5.95 Å². The summed E-state index contributed by atoms with van der Waals surface area (Å²) in [4.78, 5) is 20.2. The number of hydrogen-bond acceptors (Lipinski definition) is 5. The third kappa shape index (κ3) is 4.31. The minimum Gasteiger partial charge on any atom is -0.355 e. The number of aromatic nitrogens is 2. The van der Waals surface area contributed by atoms with Crippen molar-refractivity contribution in [3.63, 3.8) is 0 Å². The highest BCUT2D eigenvalue weighted by molar-refractivity contribution is 5.80. The molecule has 1 aromatic heterocycles. The maximum Gasteiger partial charge on any atom is 0.225 e. The molecule has 3 rings (SSSR count). The van der Waals surface area contributed by atoms with Crippen molar-refractivity contribution in [3.8, 4) is 0 Å². The maximum atomic E-state index is 4.39. The van der Waals surface area contributed by atoms with Crippen LogP contribution in [-0.4, -0.2) is 85.1 Å². The lowest BCUT2D eigenvalue weighted by Crippen LogP contribution is -2.50. The predicted octanol–water partition coefficient (Wildman–Crippen LogP) is 0.270. The van der Waals surface area contributed by atoms with Gasteiger partial charge in [0.05, 0.1) is 0 Å². The number of likely N-dealkylation sites (tertiary alicyclic amines) is 1. The van der Waals surface area contributed by atoms with Crippen LogP contribution >= 0.6 is 0 Å². The van der Waals surface area contributed by atoms with E-state index in [-0.39, 0.29) is 0 Å². The fourth-order valence-electron chi connectivity index (χ4n) is 3.21. The van der Waals surface area contributed by atoms with Gasteiger partial charge in [0.1, 0.15) is 0 Å². The third-order valence-corrected chi connectivity index (χ3v) is 4.54. The number of anilines is 1. The van der Waals surface area contributed by atoms with E-state index < -0.39 is 0 Å². The van der Waals surface area contributed by atoms with Crippen molar-refractivity contribution < 1.29 is 0 Å². The zero-order chi connectivity index (χ0) is 15.9. The summed E-state index contributed by atoms with van der Waals surface area (Å²) in [7, 11) is 1.87. The SMILES string of the molecule is CN=C(NCCN1CCN(c2ncccn2)CC1)N1CCCC1. The molecule has 2 aliphatic heterocycles. The van der Waals surface area contributed by atoms with E-state index in [2.05, 4.69) is 35.0 Å². The Kier molecular flexibility index (Phi) is 5.63. The summed E-state index contributed by atoms with van der Waals surface area (Å²) >= 11 is 0. The van der Waals surface area contributed by atoms with Gasteiger partial charge < -0.3 is 15.1 Å². The number of nitrogens with zero attached hydrogens (tertiary/aromatic N) is 6. The van der Waals surface area contributed by atoms with Crippen LogP contribution in [0.25, 0.3) is 0 Å². The Balaban J connectivity index is 1.37. The van der Waals surface area contributed by atoms with Crippen LogP contribution in [0.3, 0.4) is 0 Å². The fourth-order valence-corrected chi connectivity index (χ4v) is 3.21. The van der Waals surface area contributed by atoms with Crippen LogP contribution in [0.2, 0.25) is 0 Å². The first-order valence-corrected chi connectivity index (χ1v) is 8.57. The molecule has 1 N–H and O–H groups in total. The number of nitrogens with one attached hydrogen (secondary N) is 1. The molecule has 2 fully saturated rings. The van der Waals surface area contributed by atoms with E-state index in [4.69, 9.17) is 0 Å². The third-order valence-electron chi connectivity index (χ3n) is 4.54. The zero-order valence-corrected chi connectivity index (χ0v) is 14.0. The lowest BCUT2D eigenvalue weighted by Gasteiger charge is -2.34. The lowest BCUT2D eigenvalue weighted by atomic mass is 10.3. The van der Waals surface area contributed by atoms with E-state index in [1.807, 2.05) is 25.5 Å². The average molecular weight is 317 g/mol. The first-order chi connectivity index (χ1) is 11.4. The summed E-state index contributed by atoms with van der Waals surface area (Å²) < 4.78 is 0. The van der Waals surface area contributed by atoms with Crippen molar-refractivity contribution in [3.05, 3.63) is 18.5 Å². The minimum atomic E-state index is 0.847. The molecule has 0 radical (unpaired) electrons. The van der Waals surface area contributed by atoms with E-state index in [0.29, 0.717) is 0 Å². The maximum absolute atomic E-state index is 4.39. The van der Waals surface area contributed by atoms with Crippen molar-refractivity contribution in [1.82, 2.24) is 25.1 Å². The first kappa shape index (κ1) is 16.0. The van der Waals surface area contributed by atoms with Crippen LogP contribution in [0.15, 0.2) is 23.5 Å². The Bertz CT molecular complexity index is 490. The number of guanidine groups is 1. The standard InChI is InChI=1S/C16H27N7/c1-17-15(22-8-2-3-9-22)20-7-10-21-11-13-23(14-12-21)16-18-5-4-6-19-16/h4-6H,2-3,7-14H2,1H3,(H,17,20). The van der Waals surface area contributed by atoms with Crippen molar-refractivity contribution in [2.24, 2.45) is 4.99 Å². The minimum absolute atomic E-state index is 0.847. The van der Waals surface area contributed by atoms with Gasteiger partial charge in [-0.05, 0) is 18.9 Å². The van der Waals surface area contributed by atoms with Gasteiger partial charge in [-0.2, -0.15) is 0 Å². The number of piperazine rings is 1. The monoisotopic (exact) mass is 317 g/mol. The van der Waals surface area contributed by atoms with Crippen molar-refractivity contribution in [2.45, 2.75) is 12.8 Å². The highest BCUT2D eigenvalue weighted by atomic mass is 15.3. The number of hydrogen-bond donors (Lipinski definition) is 1. The van der Waals surface area contributed by atoms with Crippen LogP contribution in [0, 0.1) is 0 Å². The normalized spacial score (nSPS) is 20.1. The molecule has 0 amide bonds. The average Bonchev–Trinajstić information content (AvgIpc) is 3.14. The Morgan fingerprint density at radius 2 is 1.78 bits per heavy atom. The molecule has 7 nitrogen and oxygen atoms in total. The van der Waals surface area contributed by atoms with E-state index in [9.17, 15) is 0 Å². The molecule has 7 heteroatoms. The van der Waals surface area contributed by atoms with E-state index in [1.54, 1.807) is 0 Å². The smallest absolute Gasteiger partial charge is 0.225 e. The molecule has 23 heavy (non-hydrogen) atoms. The van der Waals surface area contributed by atoms with Crippen LogP contribution < -0.4 is 10.2 Å². The number of aliphatic imine (C=N–C) groups is 1. The second kappa shape index (κ2) is 8.10. The van der Waals surface area contributed by atoms with Gasteiger partial charge in [-0.3, -0.25) is 9.89 Å². The molecular weight excluding hydrogens is 290 g/mol. The van der Waals surface area contributed by atoms with Crippen molar-refractivity contribution in [1.29, 1.82) is 0 Å². The summed E-state index contributed by atoms with van der Waals surface area (Å²) in [6.45, 7) is 8.37. The molecule has 2 aliphatic rings. The number of rotatable bonds is 4. The molecule has 2 saturated heterocycles. The highest BCUT2D eigenvalue weighted by Crippen LogP contribution is 2.09. The highest BCUT2D eigenvalue weighted by Gasteiger charge is 2.19. The largest absolute Gasteiger partial charge is 0.355 e. The quantitative estimate of drug-likeness (QED) is 0.635. The second-order valence-electron chi connectivity index (χ2n) is 6.05. The summed E-state index contributed by atoms with van der Waals surface area (Å²) in [6.07, 6.45) is 6.18. The molecular formula is C16H27N7. The zero-order valence-electron chi connectivity index (χ0n) is 14.0. The van der Waals surface area contributed by atoms with E-state index in [0.717, 1.165) is 64.3 Å². The Morgan fingerprint density at radius 3 is 2.43 bits per heavy atom. The van der Waals surface area contributed by atoms with Crippen molar-refractivity contribution in [2.75, 3.05) is 64.3 Å². The fraction of sp³-hybridized carbons (Fsp3) is 0.688. The van der Waals surface area contributed by atoms with Crippen LogP contribution in [0.5, 0.6) is 0 Å². The van der Waals surface area contributed by atoms with Gasteiger partial charge in [-0.1, -0.05) is 0 Å². The lowest BCUT2D eigenvalue weighted by molar-refractivity contribution is 0.259. The molecule has 126 valence electrons. The Labute approximate surface area is 138 Å². The van der Waals surface area contributed by atoms with Gasteiger partial charge in [-0.25, -0.2) is 9.97 Å². The van der Waals surface area contributed by atoms with Crippen LogP contribution in [0.4, 0.5) is 5.95 Å². The summed E-state index contributed by atoms with van der Waals surface area (Å²) in [5, 5.41) is 3.50. The van der Waals surface area contributed by atoms with Gasteiger partial charge in [-0.15, -0.1) is 0 Å². The molecule has 1 aromatic rings. The molecule has 0 aliphatic carbocycles. The molecule has 0 atom stereocenters.